The van der Waals surface area contributed by atoms with Crippen molar-refractivity contribution in [3.8, 4) is 11.5 Å². The van der Waals surface area contributed by atoms with Crippen molar-refractivity contribution in [3.63, 3.8) is 0 Å². The molecule has 0 bridgehead atoms. The molecule has 1 amide bonds. The molecule has 0 radical (unpaired) electrons. The van der Waals surface area contributed by atoms with E-state index in [1.165, 1.54) is 34.9 Å². The second-order valence-corrected chi connectivity index (χ2v) is 12.1. The second-order valence-electron chi connectivity index (χ2n) is 9.17. The van der Waals surface area contributed by atoms with E-state index < -0.39 is 15.9 Å². The average molecular weight is 570 g/mol. The van der Waals surface area contributed by atoms with E-state index in [2.05, 4.69) is 5.10 Å². The Labute approximate surface area is 231 Å². The number of piperidine rings is 1. The van der Waals surface area contributed by atoms with Gasteiger partial charge in [0.1, 0.15) is 17.0 Å². The van der Waals surface area contributed by atoms with Crippen LogP contribution in [0.2, 0.25) is 0 Å². The van der Waals surface area contributed by atoms with Gasteiger partial charge < -0.3 is 9.47 Å². The van der Waals surface area contributed by atoms with Gasteiger partial charge in [-0.05, 0) is 62.2 Å². The Bertz CT molecular complexity index is 1520. The first kappa shape index (κ1) is 27.1. The van der Waals surface area contributed by atoms with Gasteiger partial charge in [0.25, 0.3) is 0 Å². The fourth-order valence-electron chi connectivity index (χ4n) is 4.71. The summed E-state index contributed by atoms with van der Waals surface area (Å²) in [7, 11) is -2.23. The highest BCUT2D eigenvalue weighted by molar-refractivity contribution is 7.89. The Hall–Kier alpha value is -3.48. The molecule has 1 aliphatic heterocycles. The van der Waals surface area contributed by atoms with Crippen LogP contribution in [0.5, 0.6) is 11.5 Å². The van der Waals surface area contributed by atoms with Crippen LogP contribution in [0.3, 0.4) is 0 Å². The van der Waals surface area contributed by atoms with Crippen LogP contribution in [0.25, 0.3) is 10.2 Å². The molecule has 0 N–H and O–H groups in total. The molecule has 12 heteroatoms. The first-order valence-corrected chi connectivity index (χ1v) is 15.1. The van der Waals surface area contributed by atoms with Gasteiger partial charge in [-0.3, -0.25) is 14.4 Å². The van der Waals surface area contributed by atoms with Gasteiger partial charge in [0, 0.05) is 32.0 Å². The Morgan fingerprint density at radius 1 is 1.18 bits per heavy atom. The fourth-order valence-corrected chi connectivity index (χ4v) is 7.25. The molecule has 1 atom stereocenters. The van der Waals surface area contributed by atoms with E-state index >= 15 is 0 Å². The molecule has 3 heterocycles. The molecule has 1 aliphatic rings. The number of carbonyl (C=O) groups excluding carboxylic acids is 1. The summed E-state index contributed by atoms with van der Waals surface area (Å²) >= 11 is 1.42. The number of hydrogen-bond acceptors (Lipinski definition) is 8. The highest BCUT2D eigenvalue weighted by atomic mass is 32.2. The number of thiazole rings is 1. The van der Waals surface area contributed by atoms with Gasteiger partial charge in [0.2, 0.25) is 15.9 Å². The van der Waals surface area contributed by atoms with Crippen molar-refractivity contribution >= 4 is 42.6 Å². The minimum atomic E-state index is -3.76. The van der Waals surface area contributed by atoms with Crippen molar-refractivity contribution in [2.75, 3.05) is 38.3 Å². The molecule has 1 unspecified atom stereocenters. The Morgan fingerprint density at radius 2 is 2.00 bits per heavy atom. The smallest absolute Gasteiger partial charge is 0.243 e. The van der Waals surface area contributed by atoms with Gasteiger partial charge >= 0.3 is 0 Å². The van der Waals surface area contributed by atoms with Gasteiger partial charge in [0.05, 0.1) is 35.8 Å². The van der Waals surface area contributed by atoms with Crippen LogP contribution >= 0.6 is 11.3 Å². The zero-order valence-corrected chi connectivity index (χ0v) is 23.5. The zero-order valence-electron chi connectivity index (χ0n) is 21.9. The third-order valence-corrected chi connectivity index (χ3v) is 9.63. The molecular formula is C27H31N5O5S2. The second kappa shape index (κ2) is 11.7. The molecule has 39 heavy (non-hydrogen) atoms. The topological polar surface area (TPSA) is 107 Å². The van der Waals surface area contributed by atoms with E-state index in [0.29, 0.717) is 61.2 Å². The van der Waals surface area contributed by atoms with Crippen molar-refractivity contribution in [1.82, 2.24) is 19.1 Å². The highest BCUT2D eigenvalue weighted by Crippen LogP contribution is 2.36. The van der Waals surface area contributed by atoms with E-state index in [-0.39, 0.29) is 17.3 Å². The number of aromatic nitrogens is 3. The van der Waals surface area contributed by atoms with E-state index in [1.54, 1.807) is 27.9 Å². The van der Waals surface area contributed by atoms with Crippen molar-refractivity contribution < 1.29 is 22.7 Å². The first-order valence-electron chi connectivity index (χ1n) is 12.9. The molecule has 1 fully saturated rings. The number of amides is 1. The maximum absolute atomic E-state index is 14.0. The third kappa shape index (κ3) is 5.77. The van der Waals surface area contributed by atoms with Gasteiger partial charge in [0.15, 0.2) is 5.13 Å². The maximum Gasteiger partial charge on any atom is 0.243 e. The summed E-state index contributed by atoms with van der Waals surface area (Å²) in [5.74, 6) is 0.611. The Morgan fingerprint density at radius 3 is 2.72 bits per heavy atom. The summed E-state index contributed by atoms with van der Waals surface area (Å²) in [6, 6.07) is 13.9. The zero-order chi connectivity index (χ0) is 27.4. The summed E-state index contributed by atoms with van der Waals surface area (Å²) in [5, 5.41) is 4.83. The lowest BCUT2D eigenvalue weighted by Gasteiger charge is -2.33. The van der Waals surface area contributed by atoms with Crippen LogP contribution in [-0.2, 0) is 21.4 Å². The lowest BCUT2D eigenvalue weighted by Crippen LogP contribution is -2.47. The standard InChI is InChI=1S/C27H31N5O5S2/c1-3-37-23-8-4-9-24-25(23)29-27(38-24)32(18-17-30-15-6-14-28-30)26(33)20-7-5-16-31(19-20)39(34,35)22-12-10-21(36-2)11-13-22/h4,6,8-15,20H,3,5,7,16-19H2,1-2H3. The molecule has 0 aliphatic carbocycles. The summed E-state index contributed by atoms with van der Waals surface area (Å²) in [5.41, 5.74) is 0.712. The molecule has 2 aromatic carbocycles. The first-order chi connectivity index (χ1) is 18.9. The largest absolute Gasteiger partial charge is 0.497 e. The van der Waals surface area contributed by atoms with Crippen molar-refractivity contribution in [3.05, 3.63) is 60.9 Å². The summed E-state index contributed by atoms with van der Waals surface area (Å²) in [4.78, 5) is 20.7. The number of fused-ring (bicyclic) bond motifs is 1. The molecule has 10 nitrogen and oxygen atoms in total. The van der Waals surface area contributed by atoms with Crippen LogP contribution in [0.15, 0.2) is 65.8 Å². The minimum absolute atomic E-state index is 0.112. The molecule has 5 rings (SSSR count). The van der Waals surface area contributed by atoms with Gasteiger partial charge in [-0.25, -0.2) is 13.4 Å². The van der Waals surface area contributed by atoms with Crippen molar-refractivity contribution in [2.45, 2.75) is 31.2 Å². The normalized spacial score (nSPS) is 16.3. The van der Waals surface area contributed by atoms with Crippen molar-refractivity contribution in [1.29, 1.82) is 0 Å². The van der Waals surface area contributed by atoms with Crippen LogP contribution in [0.4, 0.5) is 5.13 Å². The lowest BCUT2D eigenvalue weighted by molar-refractivity contribution is -0.123. The van der Waals surface area contributed by atoms with E-state index in [9.17, 15) is 13.2 Å². The third-order valence-electron chi connectivity index (χ3n) is 6.71. The lowest BCUT2D eigenvalue weighted by atomic mass is 9.98. The van der Waals surface area contributed by atoms with Crippen LogP contribution in [0.1, 0.15) is 19.8 Å². The maximum atomic E-state index is 14.0. The molecule has 0 saturated carbocycles. The van der Waals surface area contributed by atoms with E-state index in [4.69, 9.17) is 14.5 Å². The van der Waals surface area contributed by atoms with Crippen molar-refractivity contribution in [2.24, 2.45) is 5.92 Å². The number of rotatable bonds is 10. The van der Waals surface area contributed by atoms with Crippen LogP contribution < -0.4 is 14.4 Å². The van der Waals surface area contributed by atoms with Crippen LogP contribution in [0, 0.1) is 5.92 Å². The number of nitrogens with zero attached hydrogens (tertiary/aromatic N) is 5. The Kier molecular flexibility index (Phi) is 8.15. The number of ether oxygens (including phenoxy) is 2. The summed E-state index contributed by atoms with van der Waals surface area (Å²) < 4.78 is 41.9. The molecule has 0 spiro atoms. The van der Waals surface area contributed by atoms with Gasteiger partial charge in [-0.1, -0.05) is 17.4 Å². The monoisotopic (exact) mass is 569 g/mol. The molecule has 1 saturated heterocycles. The van der Waals surface area contributed by atoms with Gasteiger partial charge in [-0.15, -0.1) is 0 Å². The minimum Gasteiger partial charge on any atom is -0.497 e. The highest BCUT2D eigenvalue weighted by Gasteiger charge is 2.36. The summed E-state index contributed by atoms with van der Waals surface area (Å²) in [6.07, 6.45) is 4.73. The predicted octanol–water partition coefficient (Wildman–Crippen LogP) is 4.03. The molecule has 206 valence electrons. The molecule has 2 aromatic heterocycles. The molecule has 4 aromatic rings. The number of methoxy groups -OCH3 is 1. The number of hydrogen-bond donors (Lipinski definition) is 0. The predicted molar refractivity (Wildman–Crippen MR) is 150 cm³/mol. The number of sulfonamides is 1. The average Bonchev–Trinajstić information content (AvgIpc) is 3.64. The number of benzene rings is 2. The van der Waals surface area contributed by atoms with Crippen LogP contribution in [-0.4, -0.2) is 66.7 Å². The number of carbonyl (C=O) groups is 1. The van der Waals surface area contributed by atoms with E-state index in [1.807, 2.05) is 37.4 Å². The number of para-hydroxylation sites is 1. The quantitative estimate of drug-likeness (QED) is 0.284. The number of anilines is 1. The summed E-state index contributed by atoms with van der Waals surface area (Å²) in [6.45, 7) is 3.74. The van der Waals surface area contributed by atoms with E-state index in [0.717, 1.165) is 4.70 Å². The Balaban J connectivity index is 1.42. The molecular weight excluding hydrogens is 538 g/mol. The van der Waals surface area contributed by atoms with Gasteiger partial charge in [-0.2, -0.15) is 9.40 Å². The SMILES string of the molecule is CCOc1cccc2sc(N(CCn3cccn3)C(=O)C3CCCN(S(=O)(=O)c4ccc(OC)cc4)C3)nc12. The fraction of sp³-hybridized carbons (Fsp3) is 0.370.